The van der Waals surface area contributed by atoms with Crippen LogP contribution in [0, 0.1) is 18.8 Å². The Hall–Kier alpha value is -1.58. The molecule has 1 fully saturated rings. The van der Waals surface area contributed by atoms with Crippen molar-refractivity contribution < 1.29 is 4.79 Å². The molecule has 0 bridgehead atoms. The van der Waals surface area contributed by atoms with Crippen LogP contribution < -0.4 is 10.6 Å². The number of aromatic nitrogens is 1. The first-order valence-electron chi connectivity index (χ1n) is 7.11. The normalized spacial score (nSPS) is 21.0. The number of nitrogens with zero attached hydrogens (tertiary/aromatic N) is 1. The zero-order valence-electron chi connectivity index (χ0n) is 12.0. The summed E-state index contributed by atoms with van der Waals surface area (Å²) >= 11 is 0. The summed E-state index contributed by atoms with van der Waals surface area (Å²) < 4.78 is 0. The van der Waals surface area contributed by atoms with Crippen LogP contribution in [0.3, 0.4) is 0 Å². The molecule has 1 aromatic heterocycles. The van der Waals surface area contributed by atoms with Gasteiger partial charge in [-0.2, -0.15) is 0 Å². The van der Waals surface area contributed by atoms with Crippen molar-refractivity contribution in [2.45, 2.75) is 33.6 Å². The van der Waals surface area contributed by atoms with Gasteiger partial charge in [-0.15, -0.1) is 0 Å². The molecule has 4 heteroatoms. The SMILES string of the molecule is CCCNc1cc(C(=O)NCC2CC2C)cc(C)n1. The fourth-order valence-electron chi connectivity index (χ4n) is 2.15. The zero-order chi connectivity index (χ0) is 13.8. The molecule has 0 saturated heterocycles. The highest BCUT2D eigenvalue weighted by Gasteiger charge is 2.32. The fourth-order valence-corrected chi connectivity index (χ4v) is 2.15. The van der Waals surface area contributed by atoms with Gasteiger partial charge in [-0.3, -0.25) is 4.79 Å². The smallest absolute Gasteiger partial charge is 0.251 e. The van der Waals surface area contributed by atoms with E-state index in [1.165, 1.54) is 6.42 Å². The van der Waals surface area contributed by atoms with Crippen LogP contribution in [0.5, 0.6) is 0 Å². The molecule has 19 heavy (non-hydrogen) atoms. The van der Waals surface area contributed by atoms with E-state index in [9.17, 15) is 4.79 Å². The van der Waals surface area contributed by atoms with E-state index in [2.05, 4.69) is 29.5 Å². The van der Waals surface area contributed by atoms with Crippen molar-refractivity contribution in [1.82, 2.24) is 10.3 Å². The zero-order valence-corrected chi connectivity index (χ0v) is 12.0. The summed E-state index contributed by atoms with van der Waals surface area (Å²) in [5.74, 6) is 2.22. The van der Waals surface area contributed by atoms with Gasteiger partial charge in [0.25, 0.3) is 5.91 Å². The maximum Gasteiger partial charge on any atom is 0.251 e. The second-order valence-electron chi connectivity index (χ2n) is 5.49. The minimum Gasteiger partial charge on any atom is -0.370 e. The maximum absolute atomic E-state index is 12.1. The Morgan fingerprint density at radius 1 is 1.47 bits per heavy atom. The Morgan fingerprint density at radius 2 is 2.21 bits per heavy atom. The van der Waals surface area contributed by atoms with E-state index < -0.39 is 0 Å². The minimum absolute atomic E-state index is 0.00384. The van der Waals surface area contributed by atoms with E-state index >= 15 is 0 Å². The summed E-state index contributed by atoms with van der Waals surface area (Å²) in [4.78, 5) is 16.5. The Labute approximate surface area is 115 Å². The Bertz CT molecular complexity index is 459. The summed E-state index contributed by atoms with van der Waals surface area (Å²) in [6.45, 7) is 7.90. The number of rotatable bonds is 6. The highest BCUT2D eigenvalue weighted by Crippen LogP contribution is 2.36. The molecule has 0 aromatic carbocycles. The van der Waals surface area contributed by atoms with E-state index in [1.807, 2.05) is 19.1 Å². The van der Waals surface area contributed by atoms with E-state index in [-0.39, 0.29) is 5.91 Å². The first-order chi connectivity index (χ1) is 9.10. The number of hydrogen-bond acceptors (Lipinski definition) is 3. The van der Waals surface area contributed by atoms with E-state index in [0.29, 0.717) is 11.5 Å². The van der Waals surface area contributed by atoms with Crippen LogP contribution in [-0.4, -0.2) is 24.0 Å². The molecule has 2 N–H and O–H groups in total. The maximum atomic E-state index is 12.1. The van der Waals surface area contributed by atoms with Crippen LogP contribution in [0.1, 0.15) is 42.7 Å². The third-order valence-electron chi connectivity index (χ3n) is 3.57. The van der Waals surface area contributed by atoms with Gasteiger partial charge in [0.2, 0.25) is 0 Å². The largest absolute Gasteiger partial charge is 0.370 e. The highest BCUT2D eigenvalue weighted by molar-refractivity contribution is 5.95. The molecule has 2 rings (SSSR count). The van der Waals surface area contributed by atoms with Crippen LogP contribution in [0.4, 0.5) is 5.82 Å². The standard InChI is InChI=1S/C15H23N3O/c1-4-5-16-14-8-12(7-11(3)18-14)15(19)17-9-13-6-10(13)2/h7-8,10,13H,4-6,9H2,1-3H3,(H,16,18)(H,17,19). The molecular formula is C15H23N3O. The van der Waals surface area contributed by atoms with Crippen LogP contribution in [0.15, 0.2) is 12.1 Å². The van der Waals surface area contributed by atoms with Gasteiger partial charge < -0.3 is 10.6 Å². The van der Waals surface area contributed by atoms with Crippen LogP contribution >= 0.6 is 0 Å². The first-order valence-corrected chi connectivity index (χ1v) is 7.11. The molecule has 1 heterocycles. The number of hydrogen-bond donors (Lipinski definition) is 2. The molecule has 2 unspecified atom stereocenters. The molecule has 0 spiro atoms. The van der Waals surface area contributed by atoms with Crippen molar-refractivity contribution in [2.75, 3.05) is 18.4 Å². The summed E-state index contributed by atoms with van der Waals surface area (Å²) in [6.07, 6.45) is 2.27. The number of pyridine rings is 1. The third-order valence-corrected chi connectivity index (χ3v) is 3.57. The molecule has 1 aliphatic carbocycles. The predicted octanol–water partition coefficient (Wildman–Crippen LogP) is 2.60. The molecule has 1 amide bonds. The number of carbonyl (C=O) groups excluding carboxylic acids is 1. The average Bonchev–Trinajstić information content (AvgIpc) is 3.09. The highest BCUT2D eigenvalue weighted by atomic mass is 16.1. The van der Waals surface area contributed by atoms with Gasteiger partial charge >= 0.3 is 0 Å². The van der Waals surface area contributed by atoms with Crippen molar-refractivity contribution in [3.8, 4) is 0 Å². The minimum atomic E-state index is 0.00384. The molecule has 0 aliphatic heterocycles. The molecule has 0 radical (unpaired) electrons. The van der Waals surface area contributed by atoms with Crippen LogP contribution in [0.2, 0.25) is 0 Å². The van der Waals surface area contributed by atoms with Crippen molar-refractivity contribution in [3.05, 3.63) is 23.4 Å². The van der Waals surface area contributed by atoms with Gasteiger partial charge in [-0.1, -0.05) is 13.8 Å². The third kappa shape index (κ3) is 3.94. The second-order valence-corrected chi connectivity index (χ2v) is 5.49. The van der Waals surface area contributed by atoms with Gasteiger partial charge in [0.05, 0.1) is 0 Å². The second kappa shape index (κ2) is 6.04. The predicted molar refractivity (Wildman–Crippen MR) is 77.4 cm³/mol. The Kier molecular flexibility index (Phi) is 4.40. The number of aryl methyl sites for hydroxylation is 1. The number of carbonyl (C=O) groups is 1. The lowest BCUT2D eigenvalue weighted by Gasteiger charge is -2.09. The Morgan fingerprint density at radius 3 is 2.84 bits per heavy atom. The topological polar surface area (TPSA) is 54.0 Å². The van der Waals surface area contributed by atoms with Gasteiger partial charge in [0.15, 0.2) is 0 Å². The fraction of sp³-hybridized carbons (Fsp3) is 0.600. The van der Waals surface area contributed by atoms with Crippen molar-refractivity contribution >= 4 is 11.7 Å². The van der Waals surface area contributed by atoms with E-state index in [1.54, 1.807) is 0 Å². The summed E-state index contributed by atoms with van der Waals surface area (Å²) in [7, 11) is 0. The average molecular weight is 261 g/mol. The Balaban J connectivity index is 1.97. The monoisotopic (exact) mass is 261 g/mol. The number of nitrogens with one attached hydrogen (secondary N) is 2. The van der Waals surface area contributed by atoms with Gasteiger partial charge in [0.1, 0.15) is 5.82 Å². The van der Waals surface area contributed by atoms with E-state index in [4.69, 9.17) is 0 Å². The molecule has 104 valence electrons. The van der Waals surface area contributed by atoms with E-state index in [0.717, 1.165) is 36.9 Å². The van der Waals surface area contributed by atoms with Crippen LogP contribution in [-0.2, 0) is 0 Å². The van der Waals surface area contributed by atoms with Crippen LogP contribution in [0.25, 0.3) is 0 Å². The van der Waals surface area contributed by atoms with Crippen molar-refractivity contribution in [3.63, 3.8) is 0 Å². The molecule has 1 saturated carbocycles. The lowest BCUT2D eigenvalue weighted by Crippen LogP contribution is -2.26. The van der Waals surface area contributed by atoms with Crippen molar-refractivity contribution in [1.29, 1.82) is 0 Å². The summed E-state index contributed by atoms with van der Waals surface area (Å²) in [5.41, 5.74) is 1.56. The molecular weight excluding hydrogens is 238 g/mol. The summed E-state index contributed by atoms with van der Waals surface area (Å²) in [5, 5.41) is 6.23. The lowest BCUT2D eigenvalue weighted by molar-refractivity contribution is 0.0951. The van der Waals surface area contributed by atoms with Crippen molar-refractivity contribution in [2.24, 2.45) is 11.8 Å². The molecule has 4 nitrogen and oxygen atoms in total. The molecule has 1 aliphatic rings. The number of amides is 1. The lowest BCUT2D eigenvalue weighted by atomic mass is 10.2. The summed E-state index contributed by atoms with van der Waals surface area (Å²) in [6, 6.07) is 3.66. The quantitative estimate of drug-likeness (QED) is 0.827. The first kappa shape index (κ1) is 13.8. The number of anilines is 1. The van der Waals surface area contributed by atoms with Gasteiger partial charge in [-0.25, -0.2) is 4.98 Å². The molecule has 1 aromatic rings. The van der Waals surface area contributed by atoms with Gasteiger partial charge in [-0.05, 0) is 43.7 Å². The molecule has 2 atom stereocenters. The van der Waals surface area contributed by atoms with Gasteiger partial charge in [0, 0.05) is 24.3 Å².